The number of esters is 1. The Labute approximate surface area is 370 Å². The molecule has 0 bridgehead atoms. The van der Waals surface area contributed by atoms with E-state index in [9.17, 15) is 9.59 Å². The molecule has 4 fully saturated rings. The lowest BCUT2D eigenvalue weighted by atomic mass is 9.33. The van der Waals surface area contributed by atoms with Gasteiger partial charge >= 0.3 is 12.1 Å². The number of hydrogen-bond donors (Lipinski definition) is 3. The number of amides is 1. The molecule has 1 amide bonds. The minimum atomic E-state index is -0.583. The maximum atomic E-state index is 15.0. The van der Waals surface area contributed by atoms with Crippen LogP contribution < -0.4 is 16.0 Å². The molecule has 334 valence electrons. The van der Waals surface area contributed by atoms with Crippen LogP contribution in [-0.4, -0.2) is 52.0 Å². The van der Waals surface area contributed by atoms with Gasteiger partial charge in [-0.3, -0.25) is 9.89 Å². The predicted octanol–water partition coefficient (Wildman–Crippen LogP) is 10.6. The normalized spacial score (nSPS) is 34.5. The van der Waals surface area contributed by atoms with Gasteiger partial charge in [-0.2, -0.15) is 5.10 Å². The van der Waals surface area contributed by atoms with E-state index in [1.165, 1.54) is 22.3 Å². The first-order chi connectivity index (χ1) is 29.1. The molecule has 2 aromatic heterocycles. The van der Waals surface area contributed by atoms with E-state index in [4.69, 9.17) is 25.3 Å². The summed E-state index contributed by atoms with van der Waals surface area (Å²) in [5.74, 6) is 2.48. The number of pyridine rings is 1. The lowest BCUT2D eigenvalue weighted by molar-refractivity contribution is -0.181. The van der Waals surface area contributed by atoms with Gasteiger partial charge in [-0.05, 0) is 153 Å². The smallest absolute Gasteiger partial charge is 0.407 e. The second-order valence-electron chi connectivity index (χ2n) is 23.5. The molecule has 62 heavy (non-hydrogen) atoms. The van der Waals surface area contributed by atoms with Crippen LogP contribution in [0.3, 0.4) is 0 Å². The van der Waals surface area contributed by atoms with E-state index in [0.29, 0.717) is 30.8 Å². The molecule has 4 N–H and O–H groups in total. The van der Waals surface area contributed by atoms with E-state index >= 15 is 0 Å². The summed E-state index contributed by atoms with van der Waals surface area (Å²) in [6.45, 7) is 24.9. The fraction of sp³-hybridized carbons (Fsp3) is 0.654. The van der Waals surface area contributed by atoms with Gasteiger partial charge in [0.25, 0.3) is 0 Å². The van der Waals surface area contributed by atoms with Crippen molar-refractivity contribution in [1.82, 2.24) is 20.5 Å². The lowest BCUT2D eigenvalue weighted by Crippen LogP contribution is -2.65. The second-order valence-corrected chi connectivity index (χ2v) is 23.5. The maximum Gasteiger partial charge on any atom is 0.407 e. The Hall–Kier alpha value is -4.34. The predicted molar refractivity (Wildman–Crippen MR) is 245 cm³/mol. The largest absolute Gasteiger partial charge is 0.460 e. The Morgan fingerprint density at radius 2 is 1.68 bits per heavy atom. The van der Waals surface area contributed by atoms with Crippen molar-refractivity contribution in [2.24, 2.45) is 44.8 Å². The Balaban J connectivity index is 1.14. The molecule has 3 heterocycles. The zero-order chi connectivity index (χ0) is 44.3. The third-order valence-corrected chi connectivity index (χ3v) is 17.9. The number of aromatic nitrogens is 3. The van der Waals surface area contributed by atoms with E-state index in [0.717, 1.165) is 87.8 Å². The number of ether oxygens (including phenoxy) is 2. The lowest BCUT2D eigenvalue weighted by Gasteiger charge is -2.71. The minimum Gasteiger partial charge on any atom is -0.460 e. The number of nitrogens with one attached hydrogen (secondary N) is 2. The summed E-state index contributed by atoms with van der Waals surface area (Å²) < 4.78 is 12.0. The first-order valence-electron chi connectivity index (χ1n) is 23.6. The van der Waals surface area contributed by atoms with Crippen LogP contribution in [-0.2, 0) is 32.7 Å². The fourth-order valence-corrected chi connectivity index (χ4v) is 14.6. The molecule has 10 nitrogen and oxygen atoms in total. The van der Waals surface area contributed by atoms with E-state index in [-0.39, 0.29) is 51.1 Å². The zero-order valence-corrected chi connectivity index (χ0v) is 39.2. The summed E-state index contributed by atoms with van der Waals surface area (Å²) in [6.07, 6.45) is 11.3. The number of alkyl carbamates (subject to hydrolysis) is 1. The molecular formula is C52H72N6O4. The van der Waals surface area contributed by atoms with Gasteiger partial charge in [0, 0.05) is 30.3 Å². The topological polar surface area (TPSA) is 135 Å². The van der Waals surface area contributed by atoms with Crippen LogP contribution >= 0.6 is 0 Å². The van der Waals surface area contributed by atoms with Crippen molar-refractivity contribution in [3.05, 3.63) is 76.6 Å². The van der Waals surface area contributed by atoms with Crippen molar-refractivity contribution in [2.75, 3.05) is 23.7 Å². The van der Waals surface area contributed by atoms with Crippen molar-refractivity contribution in [2.45, 2.75) is 157 Å². The van der Waals surface area contributed by atoms with Crippen molar-refractivity contribution in [3.8, 4) is 0 Å². The van der Waals surface area contributed by atoms with Crippen LogP contribution in [0.2, 0.25) is 0 Å². The SMILES string of the molecule is CC1(C)CC[C@]2(C(=O)OCc3ccccc3)CC[C@]3(C)C(=C(c4ccc(N5CCC(NC(=O)OC(C)(C)C)C5)nc4)CC4[C@@]5(C)Cc6c(n[nH]c6N)C(C)(C)C5CC[C@]43C)C2C1. The Kier molecular flexibility index (Phi) is 10.1. The standard InChI is InChI=1S/C52H72N6O4/c1-46(2,3)62-45(60)55-34-19-25-58(30-34)40-17-16-33(29-54-40)35-26-39-49(8)27-36-42(56-57-43(36)53)48(6,7)38(49)18-20-50(39,9)51(10)22-24-52(23-21-47(4,5)28-37(52)41(35)51)44(59)61-31-32-14-12-11-13-15-32/h11-17,29,34,37-39H,18-28,30-31H2,1-10H3,(H,55,60)(H3,53,56,57)/t34?,37?,38?,39?,49-,50+,51+,52-/m0/s1. The minimum absolute atomic E-state index is 0.00999. The van der Waals surface area contributed by atoms with Gasteiger partial charge < -0.3 is 25.4 Å². The number of nitrogen functional groups attached to an aromatic ring is 1. The summed E-state index contributed by atoms with van der Waals surface area (Å²) in [4.78, 5) is 35.1. The second kappa shape index (κ2) is 14.6. The molecule has 4 unspecified atom stereocenters. The van der Waals surface area contributed by atoms with Gasteiger partial charge in [0.05, 0.1) is 17.2 Å². The quantitative estimate of drug-likeness (QED) is 0.209. The first-order valence-corrected chi connectivity index (χ1v) is 23.6. The number of H-pyrrole nitrogens is 1. The Morgan fingerprint density at radius 3 is 2.39 bits per heavy atom. The van der Waals surface area contributed by atoms with Crippen LogP contribution in [0.25, 0.3) is 5.57 Å². The number of carbonyl (C=O) groups is 2. The number of carbonyl (C=O) groups excluding carboxylic acids is 2. The zero-order valence-electron chi connectivity index (χ0n) is 39.2. The van der Waals surface area contributed by atoms with Gasteiger partial charge in [0.2, 0.25) is 0 Å². The van der Waals surface area contributed by atoms with Crippen molar-refractivity contribution in [3.63, 3.8) is 0 Å². The molecule has 5 aliphatic carbocycles. The van der Waals surface area contributed by atoms with Crippen molar-refractivity contribution >= 4 is 29.3 Å². The van der Waals surface area contributed by atoms with Gasteiger partial charge in [-0.25, -0.2) is 9.78 Å². The van der Waals surface area contributed by atoms with Gasteiger partial charge in [0.15, 0.2) is 0 Å². The molecule has 8 atom stereocenters. The number of nitrogens with two attached hydrogens (primary N) is 1. The first kappa shape index (κ1) is 42.9. The van der Waals surface area contributed by atoms with Crippen LogP contribution in [0.5, 0.6) is 0 Å². The van der Waals surface area contributed by atoms with Gasteiger partial charge in [-0.1, -0.05) is 84.4 Å². The molecule has 10 heteroatoms. The molecule has 1 aliphatic heterocycles. The van der Waals surface area contributed by atoms with E-state index in [1.54, 1.807) is 0 Å². The molecule has 1 aromatic carbocycles. The number of nitrogens with zero attached hydrogens (tertiary/aromatic N) is 3. The highest BCUT2D eigenvalue weighted by atomic mass is 16.6. The van der Waals surface area contributed by atoms with Gasteiger partial charge in [0.1, 0.15) is 23.8 Å². The van der Waals surface area contributed by atoms with Gasteiger partial charge in [-0.15, -0.1) is 0 Å². The average Bonchev–Trinajstić information content (AvgIpc) is 3.82. The van der Waals surface area contributed by atoms with Crippen LogP contribution in [0.4, 0.5) is 16.4 Å². The summed E-state index contributed by atoms with van der Waals surface area (Å²) >= 11 is 0. The number of allylic oxidation sites excluding steroid dienone is 2. The number of fused-ring (bicyclic) bond motifs is 8. The number of anilines is 2. The third-order valence-electron chi connectivity index (χ3n) is 17.9. The Bertz CT molecular complexity index is 2260. The number of rotatable bonds is 6. The highest BCUT2D eigenvalue weighted by molar-refractivity contribution is 5.82. The number of hydrogen-bond acceptors (Lipinski definition) is 8. The number of benzene rings is 1. The van der Waals surface area contributed by atoms with Crippen LogP contribution in [0.1, 0.15) is 149 Å². The number of aromatic amines is 1. The van der Waals surface area contributed by atoms with Crippen molar-refractivity contribution < 1.29 is 19.1 Å². The molecule has 9 rings (SSSR count). The average molecular weight is 845 g/mol. The summed E-state index contributed by atoms with van der Waals surface area (Å²) in [7, 11) is 0. The molecule has 3 saturated carbocycles. The highest BCUT2D eigenvalue weighted by Crippen LogP contribution is 2.77. The molecule has 1 saturated heterocycles. The molecule has 6 aliphatic rings. The third kappa shape index (κ3) is 6.78. The van der Waals surface area contributed by atoms with Crippen molar-refractivity contribution in [1.29, 1.82) is 0 Å². The highest BCUT2D eigenvalue weighted by Gasteiger charge is 2.70. The molecular weight excluding hydrogens is 773 g/mol. The maximum absolute atomic E-state index is 15.0. The van der Waals surface area contributed by atoms with Crippen LogP contribution in [0.15, 0.2) is 54.2 Å². The van der Waals surface area contributed by atoms with Crippen LogP contribution in [0, 0.1) is 44.8 Å². The molecule has 3 aromatic rings. The van der Waals surface area contributed by atoms with E-state index < -0.39 is 11.0 Å². The monoisotopic (exact) mass is 845 g/mol. The fourth-order valence-electron chi connectivity index (χ4n) is 14.6. The summed E-state index contributed by atoms with van der Waals surface area (Å²) in [5, 5.41) is 11.1. The molecule has 0 radical (unpaired) electrons. The summed E-state index contributed by atoms with van der Waals surface area (Å²) in [6, 6.07) is 14.6. The van der Waals surface area contributed by atoms with E-state index in [1.807, 2.05) is 51.1 Å². The van der Waals surface area contributed by atoms with E-state index in [2.05, 4.69) is 82.1 Å². The Morgan fingerprint density at radius 1 is 0.935 bits per heavy atom. The molecule has 0 spiro atoms. The summed E-state index contributed by atoms with van der Waals surface area (Å²) in [5.41, 5.74) is 12.8.